The number of rotatable bonds is 3. The maximum absolute atomic E-state index is 11.6. The van der Waals surface area contributed by atoms with Gasteiger partial charge in [0.05, 0.1) is 12.6 Å². The molecule has 1 N–H and O–H groups in total. The third-order valence-corrected chi connectivity index (χ3v) is 3.40. The number of nitrogens with zero attached hydrogens (tertiary/aromatic N) is 1. The molecule has 2 aliphatic heterocycles. The van der Waals surface area contributed by atoms with Gasteiger partial charge in [-0.1, -0.05) is 0 Å². The molecular formula is C10H18N2O2. The fraction of sp³-hybridized carbons (Fsp3) is 0.900. The van der Waals surface area contributed by atoms with E-state index in [0.29, 0.717) is 24.5 Å². The van der Waals surface area contributed by atoms with Crippen molar-refractivity contribution in [3.05, 3.63) is 0 Å². The van der Waals surface area contributed by atoms with Crippen molar-refractivity contribution in [2.24, 2.45) is 11.8 Å². The highest BCUT2D eigenvalue weighted by molar-refractivity contribution is 5.78. The Morgan fingerprint density at radius 2 is 2.14 bits per heavy atom. The fourth-order valence-corrected chi connectivity index (χ4v) is 2.70. The summed E-state index contributed by atoms with van der Waals surface area (Å²) in [6.45, 7) is 2.22. The Labute approximate surface area is 84.6 Å². The first-order valence-corrected chi connectivity index (χ1v) is 5.21. The van der Waals surface area contributed by atoms with Gasteiger partial charge in [0.15, 0.2) is 0 Å². The summed E-state index contributed by atoms with van der Waals surface area (Å²) >= 11 is 0. The standard InChI is InChI=1S/C10H18N2O2/c1-11-4-9(13)12-5-7-3-8(6-12)10(7)14-2/h7-8,10-11H,3-6H2,1-2H3/t7-,8+,10?. The van der Waals surface area contributed by atoms with Crippen molar-refractivity contribution < 1.29 is 9.53 Å². The lowest BCUT2D eigenvalue weighted by atomic mass is 9.68. The molecule has 2 saturated heterocycles. The number of carbonyl (C=O) groups excluding carboxylic acids is 1. The molecule has 0 aromatic heterocycles. The molecule has 4 heteroatoms. The molecule has 80 valence electrons. The summed E-state index contributed by atoms with van der Waals surface area (Å²) in [6.07, 6.45) is 1.65. The topological polar surface area (TPSA) is 41.6 Å². The van der Waals surface area contributed by atoms with Gasteiger partial charge < -0.3 is 15.0 Å². The lowest BCUT2D eigenvalue weighted by Crippen LogP contribution is -2.61. The van der Waals surface area contributed by atoms with E-state index in [2.05, 4.69) is 5.32 Å². The van der Waals surface area contributed by atoms with E-state index in [1.807, 2.05) is 4.90 Å². The van der Waals surface area contributed by atoms with Gasteiger partial charge >= 0.3 is 0 Å². The number of likely N-dealkylation sites (N-methyl/N-ethyl adjacent to an activating group) is 1. The van der Waals surface area contributed by atoms with Crippen LogP contribution in [0.3, 0.4) is 0 Å². The average molecular weight is 198 g/mol. The molecule has 14 heavy (non-hydrogen) atoms. The van der Waals surface area contributed by atoms with E-state index < -0.39 is 0 Å². The Morgan fingerprint density at radius 1 is 1.50 bits per heavy atom. The van der Waals surface area contributed by atoms with Crippen LogP contribution in [0.25, 0.3) is 0 Å². The van der Waals surface area contributed by atoms with Crippen LogP contribution in [0, 0.1) is 11.8 Å². The first kappa shape index (κ1) is 9.93. The van der Waals surface area contributed by atoms with Crippen molar-refractivity contribution >= 4 is 5.91 Å². The number of hydrogen-bond donors (Lipinski definition) is 1. The van der Waals surface area contributed by atoms with Crippen molar-refractivity contribution in [3.8, 4) is 0 Å². The number of carbonyl (C=O) groups is 1. The zero-order valence-corrected chi connectivity index (χ0v) is 8.82. The number of nitrogens with one attached hydrogen (secondary N) is 1. The lowest BCUT2D eigenvalue weighted by Gasteiger charge is -2.52. The van der Waals surface area contributed by atoms with Crippen LogP contribution in [-0.2, 0) is 9.53 Å². The Kier molecular flexibility index (Phi) is 2.74. The Morgan fingerprint density at radius 3 is 2.64 bits per heavy atom. The van der Waals surface area contributed by atoms with E-state index in [0.717, 1.165) is 13.1 Å². The highest BCUT2D eigenvalue weighted by Crippen LogP contribution is 2.41. The fourth-order valence-electron chi connectivity index (χ4n) is 2.70. The van der Waals surface area contributed by atoms with E-state index >= 15 is 0 Å². The normalized spacial score (nSPS) is 35.3. The maximum Gasteiger partial charge on any atom is 0.236 e. The van der Waals surface area contributed by atoms with Gasteiger partial charge in [0.25, 0.3) is 0 Å². The van der Waals surface area contributed by atoms with E-state index in [1.165, 1.54) is 6.42 Å². The first-order valence-electron chi connectivity index (χ1n) is 5.21. The molecule has 3 fully saturated rings. The van der Waals surface area contributed by atoms with Gasteiger partial charge in [0, 0.05) is 32.0 Å². The minimum Gasteiger partial charge on any atom is -0.381 e. The summed E-state index contributed by atoms with van der Waals surface area (Å²) in [5.74, 6) is 1.39. The Bertz CT molecular complexity index is 220. The van der Waals surface area contributed by atoms with Crippen LogP contribution >= 0.6 is 0 Å². The van der Waals surface area contributed by atoms with Crippen LogP contribution in [0.1, 0.15) is 6.42 Å². The summed E-state index contributed by atoms with van der Waals surface area (Å²) in [4.78, 5) is 13.5. The number of amides is 1. The van der Waals surface area contributed by atoms with E-state index in [4.69, 9.17) is 4.74 Å². The molecule has 2 heterocycles. The van der Waals surface area contributed by atoms with Crippen molar-refractivity contribution in [1.82, 2.24) is 10.2 Å². The van der Waals surface area contributed by atoms with Gasteiger partial charge in [-0.15, -0.1) is 0 Å². The van der Waals surface area contributed by atoms with Crippen LogP contribution in [0.4, 0.5) is 0 Å². The molecule has 3 rings (SSSR count). The Hall–Kier alpha value is -0.610. The molecule has 3 aliphatic rings. The monoisotopic (exact) mass is 198 g/mol. The number of hydrogen-bond acceptors (Lipinski definition) is 3. The van der Waals surface area contributed by atoms with Crippen LogP contribution in [0.15, 0.2) is 0 Å². The minimum absolute atomic E-state index is 0.219. The van der Waals surface area contributed by atoms with Crippen LogP contribution in [0.5, 0.6) is 0 Å². The summed E-state index contributed by atoms with van der Waals surface area (Å²) in [5.41, 5.74) is 0. The lowest BCUT2D eigenvalue weighted by molar-refractivity contribution is -0.154. The Balaban J connectivity index is 1.87. The molecule has 2 bridgehead atoms. The average Bonchev–Trinajstić information content (AvgIpc) is 2.19. The van der Waals surface area contributed by atoms with Crippen molar-refractivity contribution in [1.29, 1.82) is 0 Å². The third-order valence-electron chi connectivity index (χ3n) is 3.40. The molecule has 0 aromatic carbocycles. The van der Waals surface area contributed by atoms with Crippen molar-refractivity contribution in [2.45, 2.75) is 12.5 Å². The molecule has 4 nitrogen and oxygen atoms in total. The van der Waals surface area contributed by atoms with Crippen LogP contribution < -0.4 is 5.32 Å². The summed E-state index contributed by atoms with van der Waals surface area (Å²) in [5, 5.41) is 2.90. The number of ether oxygens (including phenoxy) is 1. The quantitative estimate of drug-likeness (QED) is 0.677. The molecule has 0 radical (unpaired) electrons. The second-order valence-corrected chi connectivity index (χ2v) is 4.29. The zero-order chi connectivity index (χ0) is 10.1. The molecule has 1 saturated carbocycles. The highest BCUT2D eigenvalue weighted by Gasteiger charge is 2.47. The zero-order valence-electron chi connectivity index (χ0n) is 8.82. The van der Waals surface area contributed by atoms with Gasteiger partial charge in [-0.2, -0.15) is 0 Å². The van der Waals surface area contributed by atoms with Crippen molar-refractivity contribution in [2.75, 3.05) is 33.8 Å². The van der Waals surface area contributed by atoms with Gasteiger partial charge in [0.1, 0.15) is 0 Å². The summed E-state index contributed by atoms with van der Waals surface area (Å²) in [6, 6.07) is 0. The summed E-state index contributed by atoms with van der Waals surface area (Å²) < 4.78 is 5.39. The number of methoxy groups -OCH3 is 1. The second kappa shape index (κ2) is 3.87. The van der Waals surface area contributed by atoms with E-state index in [9.17, 15) is 4.79 Å². The second-order valence-electron chi connectivity index (χ2n) is 4.29. The van der Waals surface area contributed by atoms with Crippen LogP contribution in [-0.4, -0.2) is 50.7 Å². The molecule has 1 unspecified atom stereocenters. The smallest absolute Gasteiger partial charge is 0.236 e. The SMILES string of the molecule is CNCC(=O)N1C[C@H]2C[C@@H](C1)C2OC. The molecule has 0 aromatic rings. The number of fused-ring (bicyclic) bond motifs is 2. The molecule has 3 atom stereocenters. The molecule has 1 amide bonds. The van der Waals surface area contributed by atoms with Crippen LogP contribution in [0.2, 0.25) is 0 Å². The van der Waals surface area contributed by atoms with Gasteiger partial charge in [-0.3, -0.25) is 4.79 Å². The minimum atomic E-state index is 0.219. The predicted molar refractivity (Wildman–Crippen MR) is 52.9 cm³/mol. The summed E-state index contributed by atoms with van der Waals surface area (Å²) in [7, 11) is 3.58. The number of piperidine rings is 2. The third kappa shape index (κ3) is 1.53. The van der Waals surface area contributed by atoms with Gasteiger partial charge in [-0.05, 0) is 13.5 Å². The van der Waals surface area contributed by atoms with E-state index in [1.54, 1.807) is 14.2 Å². The highest BCUT2D eigenvalue weighted by atomic mass is 16.5. The largest absolute Gasteiger partial charge is 0.381 e. The van der Waals surface area contributed by atoms with Gasteiger partial charge in [0.2, 0.25) is 5.91 Å². The first-order chi connectivity index (χ1) is 6.76. The molecular weight excluding hydrogens is 180 g/mol. The van der Waals surface area contributed by atoms with Gasteiger partial charge in [-0.25, -0.2) is 0 Å². The maximum atomic E-state index is 11.6. The van der Waals surface area contributed by atoms with E-state index in [-0.39, 0.29) is 5.91 Å². The molecule has 1 aliphatic carbocycles. The predicted octanol–water partition coefficient (Wildman–Crippen LogP) is -0.301. The van der Waals surface area contributed by atoms with Crippen molar-refractivity contribution in [3.63, 3.8) is 0 Å². The molecule has 0 spiro atoms.